The van der Waals surface area contributed by atoms with Crippen molar-refractivity contribution in [2.24, 2.45) is 0 Å². The molecule has 0 spiro atoms. The molecule has 1 aromatic carbocycles. The summed E-state index contributed by atoms with van der Waals surface area (Å²) in [5, 5.41) is 14.4. The monoisotopic (exact) mass is 284 g/mol. The molecule has 0 atom stereocenters. The summed E-state index contributed by atoms with van der Waals surface area (Å²) in [5.74, 6) is 1.07. The van der Waals surface area contributed by atoms with Gasteiger partial charge in [0.1, 0.15) is 11.3 Å². The second-order valence-corrected chi connectivity index (χ2v) is 4.97. The van der Waals surface area contributed by atoms with Crippen LogP contribution in [-0.4, -0.2) is 20.6 Å². The van der Waals surface area contributed by atoms with Crippen molar-refractivity contribution in [3.8, 4) is 5.75 Å². The minimum absolute atomic E-state index is 0.206. The highest BCUT2D eigenvalue weighted by Gasteiger charge is 2.19. The molecule has 3 aromatic rings. The molecule has 7 heteroatoms. The van der Waals surface area contributed by atoms with Crippen molar-refractivity contribution >= 4 is 11.0 Å². The number of benzene rings is 1. The van der Waals surface area contributed by atoms with E-state index in [4.69, 9.17) is 9.15 Å². The fourth-order valence-electron chi connectivity index (χ4n) is 2.75. The van der Waals surface area contributed by atoms with Gasteiger partial charge in [0.15, 0.2) is 6.61 Å². The third-order valence-corrected chi connectivity index (χ3v) is 3.70. The third kappa shape index (κ3) is 2.06. The van der Waals surface area contributed by atoms with E-state index in [0.29, 0.717) is 17.2 Å². The largest absolute Gasteiger partial charge is 0.485 e. The summed E-state index contributed by atoms with van der Waals surface area (Å²) in [6.45, 7) is 0.206. The molecule has 0 amide bonds. The number of nitrogens with zero attached hydrogens (tertiary/aromatic N) is 3. The van der Waals surface area contributed by atoms with E-state index in [0.717, 1.165) is 35.8 Å². The van der Waals surface area contributed by atoms with E-state index in [1.165, 1.54) is 0 Å². The lowest BCUT2D eigenvalue weighted by atomic mass is 10.1. The number of rotatable bonds is 3. The van der Waals surface area contributed by atoms with E-state index >= 15 is 0 Å². The summed E-state index contributed by atoms with van der Waals surface area (Å²) < 4.78 is 11.0. The number of aromatic nitrogens is 4. The Kier molecular flexibility index (Phi) is 2.70. The zero-order chi connectivity index (χ0) is 14.2. The number of fused-ring (bicyclic) bond motifs is 3. The van der Waals surface area contributed by atoms with Crippen molar-refractivity contribution in [2.75, 3.05) is 0 Å². The van der Waals surface area contributed by atoms with Crippen molar-refractivity contribution in [3.05, 3.63) is 45.6 Å². The summed E-state index contributed by atoms with van der Waals surface area (Å²) in [7, 11) is 0. The van der Waals surface area contributed by atoms with Gasteiger partial charge in [-0.2, -0.15) is 5.21 Å². The van der Waals surface area contributed by atoms with Gasteiger partial charge in [-0.25, -0.2) is 4.79 Å². The van der Waals surface area contributed by atoms with E-state index in [9.17, 15) is 4.79 Å². The lowest BCUT2D eigenvalue weighted by Crippen LogP contribution is -2.07. The first-order valence-corrected chi connectivity index (χ1v) is 6.75. The Balaban J connectivity index is 1.70. The highest BCUT2D eigenvalue weighted by molar-refractivity contribution is 5.83. The van der Waals surface area contributed by atoms with Gasteiger partial charge >= 0.3 is 5.63 Å². The molecule has 0 unspecified atom stereocenters. The molecule has 2 heterocycles. The number of nitrogens with one attached hydrogen (secondary N) is 1. The van der Waals surface area contributed by atoms with Crippen LogP contribution in [0.15, 0.2) is 27.4 Å². The second kappa shape index (κ2) is 4.69. The van der Waals surface area contributed by atoms with Gasteiger partial charge in [0.25, 0.3) is 0 Å². The van der Waals surface area contributed by atoms with E-state index < -0.39 is 0 Å². The van der Waals surface area contributed by atoms with Gasteiger partial charge < -0.3 is 9.15 Å². The number of tetrazole rings is 1. The van der Waals surface area contributed by atoms with Crippen LogP contribution in [0.2, 0.25) is 0 Å². The van der Waals surface area contributed by atoms with Crippen molar-refractivity contribution in [1.82, 2.24) is 20.6 Å². The first kappa shape index (κ1) is 12.1. The van der Waals surface area contributed by atoms with Crippen LogP contribution in [0.4, 0.5) is 0 Å². The molecule has 4 rings (SSSR count). The van der Waals surface area contributed by atoms with Gasteiger partial charge in [0.05, 0.1) is 0 Å². The van der Waals surface area contributed by atoms with E-state index in [-0.39, 0.29) is 12.2 Å². The van der Waals surface area contributed by atoms with Crippen molar-refractivity contribution < 1.29 is 9.15 Å². The van der Waals surface area contributed by atoms with E-state index in [1.807, 2.05) is 12.1 Å². The van der Waals surface area contributed by atoms with Crippen LogP contribution in [0.1, 0.15) is 23.4 Å². The van der Waals surface area contributed by atoms with Crippen LogP contribution in [0.25, 0.3) is 11.0 Å². The molecule has 0 saturated carbocycles. The fraction of sp³-hybridized carbons (Fsp3) is 0.286. The van der Waals surface area contributed by atoms with Gasteiger partial charge in [-0.15, -0.1) is 10.2 Å². The minimum Gasteiger partial charge on any atom is -0.485 e. The average molecular weight is 284 g/mol. The predicted molar refractivity (Wildman–Crippen MR) is 73.0 cm³/mol. The van der Waals surface area contributed by atoms with Gasteiger partial charge in [0, 0.05) is 17.0 Å². The van der Waals surface area contributed by atoms with Gasteiger partial charge in [0.2, 0.25) is 5.82 Å². The van der Waals surface area contributed by atoms with E-state index in [1.54, 1.807) is 6.07 Å². The third-order valence-electron chi connectivity index (χ3n) is 3.70. The molecule has 0 bridgehead atoms. The Morgan fingerprint density at radius 2 is 2.19 bits per heavy atom. The van der Waals surface area contributed by atoms with Crippen LogP contribution < -0.4 is 10.4 Å². The molecular formula is C14H12N4O3. The Bertz CT molecular complexity index is 855. The first-order valence-electron chi connectivity index (χ1n) is 6.75. The lowest BCUT2D eigenvalue weighted by Gasteiger charge is -2.07. The zero-order valence-corrected chi connectivity index (χ0v) is 11.1. The SMILES string of the molecule is O=c1oc2cc(OCc3nn[nH]n3)ccc2c2c1CCC2. The number of H-pyrrole nitrogens is 1. The van der Waals surface area contributed by atoms with Gasteiger partial charge in [-0.3, -0.25) is 0 Å². The minimum atomic E-state index is -0.231. The van der Waals surface area contributed by atoms with Crippen LogP contribution in [0.3, 0.4) is 0 Å². The quantitative estimate of drug-likeness (QED) is 0.730. The number of aromatic amines is 1. The van der Waals surface area contributed by atoms with Crippen LogP contribution in [0, 0.1) is 0 Å². The summed E-state index contributed by atoms with van der Waals surface area (Å²) in [6.07, 6.45) is 2.75. The fourth-order valence-corrected chi connectivity index (χ4v) is 2.75. The summed E-state index contributed by atoms with van der Waals surface area (Å²) in [5.41, 5.74) is 2.27. The molecule has 1 aliphatic rings. The number of hydrogen-bond acceptors (Lipinski definition) is 6. The Morgan fingerprint density at radius 3 is 3.05 bits per heavy atom. The molecule has 0 saturated heterocycles. The topological polar surface area (TPSA) is 93.9 Å². The number of aryl methyl sites for hydroxylation is 1. The molecule has 1 aliphatic carbocycles. The Labute approximate surface area is 118 Å². The summed E-state index contributed by atoms with van der Waals surface area (Å²) in [4.78, 5) is 11.9. The molecule has 0 radical (unpaired) electrons. The maximum absolute atomic E-state index is 11.9. The normalized spacial score (nSPS) is 13.5. The molecule has 21 heavy (non-hydrogen) atoms. The Morgan fingerprint density at radius 1 is 1.29 bits per heavy atom. The zero-order valence-electron chi connectivity index (χ0n) is 11.1. The van der Waals surface area contributed by atoms with E-state index in [2.05, 4.69) is 20.6 Å². The first-order chi connectivity index (χ1) is 10.3. The smallest absolute Gasteiger partial charge is 0.339 e. The average Bonchev–Trinajstić information content (AvgIpc) is 3.16. The number of hydrogen-bond donors (Lipinski definition) is 1. The summed E-state index contributed by atoms with van der Waals surface area (Å²) >= 11 is 0. The maximum atomic E-state index is 11.9. The van der Waals surface area contributed by atoms with Crippen molar-refractivity contribution in [2.45, 2.75) is 25.9 Å². The van der Waals surface area contributed by atoms with Gasteiger partial charge in [-0.05, 0) is 37.0 Å². The molecule has 0 fully saturated rings. The van der Waals surface area contributed by atoms with Crippen LogP contribution in [-0.2, 0) is 19.4 Å². The number of ether oxygens (including phenoxy) is 1. The lowest BCUT2D eigenvalue weighted by molar-refractivity contribution is 0.296. The summed E-state index contributed by atoms with van der Waals surface area (Å²) in [6, 6.07) is 5.53. The maximum Gasteiger partial charge on any atom is 0.339 e. The highest BCUT2D eigenvalue weighted by atomic mass is 16.5. The van der Waals surface area contributed by atoms with Crippen molar-refractivity contribution in [3.63, 3.8) is 0 Å². The Hall–Kier alpha value is -2.70. The van der Waals surface area contributed by atoms with Crippen molar-refractivity contribution in [1.29, 1.82) is 0 Å². The molecular weight excluding hydrogens is 272 g/mol. The molecule has 1 N–H and O–H groups in total. The highest BCUT2D eigenvalue weighted by Crippen LogP contribution is 2.29. The van der Waals surface area contributed by atoms with Crippen LogP contribution in [0.5, 0.6) is 5.75 Å². The molecule has 7 nitrogen and oxygen atoms in total. The second-order valence-electron chi connectivity index (χ2n) is 4.97. The van der Waals surface area contributed by atoms with Crippen LogP contribution >= 0.6 is 0 Å². The molecule has 2 aromatic heterocycles. The standard InChI is InChI=1S/C14H12N4O3/c19-14-11-3-1-2-9(11)10-5-4-8(6-12(10)21-14)20-7-13-15-17-18-16-13/h4-6H,1-3,7H2,(H,15,16,17,18). The molecule has 106 valence electrons. The predicted octanol–water partition coefficient (Wildman–Crippen LogP) is 1.37. The van der Waals surface area contributed by atoms with Gasteiger partial charge in [-0.1, -0.05) is 5.21 Å². The molecule has 0 aliphatic heterocycles.